The zero-order chi connectivity index (χ0) is 9.19. The lowest BCUT2D eigenvalue weighted by atomic mass is 10.0. The van der Waals surface area contributed by atoms with Gasteiger partial charge in [-0.05, 0) is 13.8 Å². The number of hydrogen-bond donors (Lipinski definition) is 1. The summed E-state index contributed by atoms with van der Waals surface area (Å²) in [6.45, 7) is 5.81. The number of ether oxygens (including phenoxy) is 1. The molecule has 0 aliphatic carbocycles. The van der Waals surface area contributed by atoms with Gasteiger partial charge in [0, 0.05) is 19.2 Å². The van der Waals surface area contributed by atoms with Crippen LogP contribution in [0.3, 0.4) is 0 Å². The van der Waals surface area contributed by atoms with Crippen LogP contribution in [0, 0.1) is 0 Å². The van der Waals surface area contributed by atoms with E-state index in [1.54, 1.807) is 7.11 Å². The molecule has 0 spiro atoms. The first-order valence-corrected chi connectivity index (χ1v) is 4.07. The van der Waals surface area contributed by atoms with E-state index in [4.69, 9.17) is 4.74 Å². The third kappa shape index (κ3) is 1.95. The number of carbonyl (C=O) groups is 1. The second-order valence-corrected chi connectivity index (χ2v) is 3.70. The topological polar surface area (TPSA) is 41.6 Å². The predicted molar refractivity (Wildman–Crippen MR) is 45.7 cm³/mol. The van der Waals surface area contributed by atoms with Crippen molar-refractivity contribution in [2.24, 2.45) is 0 Å². The third-order valence-corrected chi connectivity index (χ3v) is 2.19. The van der Waals surface area contributed by atoms with Crippen molar-refractivity contribution in [2.45, 2.75) is 19.4 Å². The summed E-state index contributed by atoms with van der Waals surface area (Å²) >= 11 is 0. The summed E-state index contributed by atoms with van der Waals surface area (Å²) in [4.78, 5) is 13.0. The Morgan fingerprint density at radius 1 is 1.67 bits per heavy atom. The first-order chi connectivity index (χ1) is 5.56. The van der Waals surface area contributed by atoms with Crippen molar-refractivity contribution in [3.8, 4) is 0 Å². The number of nitrogens with one attached hydrogen (secondary N) is 1. The summed E-state index contributed by atoms with van der Waals surface area (Å²) in [5.74, 6) is 0.0753. The third-order valence-electron chi connectivity index (χ3n) is 2.19. The van der Waals surface area contributed by atoms with Crippen LogP contribution in [0.4, 0.5) is 0 Å². The van der Waals surface area contributed by atoms with Crippen LogP contribution in [0.1, 0.15) is 13.8 Å². The van der Waals surface area contributed by atoms with Gasteiger partial charge in [0.2, 0.25) is 5.91 Å². The first kappa shape index (κ1) is 9.48. The maximum Gasteiger partial charge on any atom is 0.234 e. The summed E-state index contributed by atoms with van der Waals surface area (Å²) in [6.07, 6.45) is 0. The Morgan fingerprint density at radius 3 is 2.92 bits per heavy atom. The fourth-order valence-corrected chi connectivity index (χ4v) is 1.25. The lowest BCUT2D eigenvalue weighted by Gasteiger charge is -2.41. The fourth-order valence-electron chi connectivity index (χ4n) is 1.25. The van der Waals surface area contributed by atoms with Gasteiger partial charge in [-0.15, -0.1) is 0 Å². The van der Waals surface area contributed by atoms with Crippen LogP contribution in [0.2, 0.25) is 0 Å². The highest BCUT2D eigenvalue weighted by Gasteiger charge is 2.32. The summed E-state index contributed by atoms with van der Waals surface area (Å²) in [5.41, 5.74) is 0.00389. The van der Waals surface area contributed by atoms with Gasteiger partial charge in [0.25, 0.3) is 0 Å². The molecule has 0 bridgehead atoms. The molecular weight excluding hydrogens is 156 g/mol. The minimum absolute atomic E-state index is 0.00389. The monoisotopic (exact) mass is 172 g/mol. The van der Waals surface area contributed by atoms with Crippen molar-refractivity contribution >= 4 is 5.91 Å². The molecule has 0 radical (unpaired) electrons. The van der Waals surface area contributed by atoms with E-state index in [0.717, 1.165) is 0 Å². The summed E-state index contributed by atoms with van der Waals surface area (Å²) in [7, 11) is 1.64. The number of methoxy groups -OCH3 is 1. The molecule has 1 saturated heterocycles. The van der Waals surface area contributed by atoms with Crippen LogP contribution in [0.15, 0.2) is 0 Å². The molecule has 0 aromatic heterocycles. The van der Waals surface area contributed by atoms with E-state index < -0.39 is 0 Å². The van der Waals surface area contributed by atoms with Crippen LogP contribution in [-0.2, 0) is 9.53 Å². The van der Waals surface area contributed by atoms with E-state index >= 15 is 0 Å². The number of piperazine rings is 1. The number of rotatable bonds is 2. The molecule has 1 fully saturated rings. The van der Waals surface area contributed by atoms with Crippen molar-refractivity contribution in [2.75, 3.05) is 26.9 Å². The number of carbonyl (C=O) groups excluding carboxylic acids is 1. The molecule has 1 heterocycles. The van der Waals surface area contributed by atoms with Crippen molar-refractivity contribution in [3.05, 3.63) is 0 Å². The Kier molecular flexibility index (Phi) is 2.69. The maximum absolute atomic E-state index is 11.0. The highest BCUT2D eigenvalue weighted by atomic mass is 16.5. The average Bonchev–Trinajstić information content (AvgIpc) is 1.98. The molecule has 1 aliphatic heterocycles. The minimum atomic E-state index is 0.00389. The van der Waals surface area contributed by atoms with Gasteiger partial charge in [0.15, 0.2) is 0 Å². The molecule has 0 aromatic carbocycles. The maximum atomic E-state index is 11.0. The molecular formula is C8H16N2O2. The van der Waals surface area contributed by atoms with Crippen molar-refractivity contribution < 1.29 is 9.53 Å². The predicted octanol–water partition coefficient (Wildman–Crippen LogP) is -0.199. The zero-order valence-electron chi connectivity index (χ0n) is 7.89. The summed E-state index contributed by atoms with van der Waals surface area (Å²) in [6, 6.07) is 0. The number of hydrogen-bond acceptors (Lipinski definition) is 3. The molecule has 0 saturated carbocycles. The van der Waals surface area contributed by atoms with Crippen LogP contribution in [0.25, 0.3) is 0 Å². The molecule has 12 heavy (non-hydrogen) atoms. The van der Waals surface area contributed by atoms with Gasteiger partial charge < -0.3 is 10.1 Å². The SMILES string of the molecule is COCN1CC(=O)NCC1(C)C. The van der Waals surface area contributed by atoms with Crippen LogP contribution in [0.5, 0.6) is 0 Å². The van der Waals surface area contributed by atoms with Gasteiger partial charge in [0.05, 0.1) is 13.3 Å². The molecule has 0 atom stereocenters. The lowest BCUT2D eigenvalue weighted by molar-refractivity contribution is -0.131. The van der Waals surface area contributed by atoms with Crippen molar-refractivity contribution in [1.29, 1.82) is 0 Å². The standard InChI is InChI=1S/C8H16N2O2/c1-8(2)5-9-7(11)4-10(8)6-12-3/h4-6H2,1-3H3,(H,9,11). The first-order valence-electron chi connectivity index (χ1n) is 4.07. The molecule has 1 N–H and O–H groups in total. The summed E-state index contributed by atoms with van der Waals surface area (Å²) < 4.78 is 5.01. The molecule has 4 heteroatoms. The van der Waals surface area contributed by atoms with Crippen molar-refractivity contribution in [3.63, 3.8) is 0 Å². The molecule has 1 amide bonds. The number of nitrogens with zero attached hydrogens (tertiary/aromatic N) is 1. The van der Waals surface area contributed by atoms with Crippen LogP contribution >= 0.6 is 0 Å². The Hall–Kier alpha value is -0.610. The largest absolute Gasteiger partial charge is 0.369 e. The smallest absolute Gasteiger partial charge is 0.234 e. The van der Waals surface area contributed by atoms with Gasteiger partial charge in [-0.3, -0.25) is 9.69 Å². The normalized spacial score (nSPS) is 23.8. The minimum Gasteiger partial charge on any atom is -0.369 e. The van der Waals surface area contributed by atoms with E-state index in [2.05, 4.69) is 19.2 Å². The molecule has 4 nitrogen and oxygen atoms in total. The van der Waals surface area contributed by atoms with E-state index in [1.165, 1.54) is 0 Å². The van der Waals surface area contributed by atoms with Crippen molar-refractivity contribution in [1.82, 2.24) is 10.2 Å². The highest BCUT2D eigenvalue weighted by Crippen LogP contribution is 2.15. The fraction of sp³-hybridized carbons (Fsp3) is 0.875. The second kappa shape index (κ2) is 3.41. The molecule has 1 rings (SSSR count). The lowest BCUT2D eigenvalue weighted by Crippen LogP contribution is -2.60. The second-order valence-electron chi connectivity index (χ2n) is 3.70. The Balaban J connectivity index is 2.58. The molecule has 1 aliphatic rings. The highest BCUT2D eigenvalue weighted by molar-refractivity contribution is 5.79. The van der Waals surface area contributed by atoms with E-state index in [0.29, 0.717) is 19.8 Å². The van der Waals surface area contributed by atoms with E-state index in [1.807, 2.05) is 4.90 Å². The molecule has 0 unspecified atom stereocenters. The van der Waals surface area contributed by atoms with E-state index in [-0.39, 0.29) is 11.4 Å². The molecule has 0 aromatic rings. The zero-order valence-corrected chi connectivity index (χ0v) is 7.89. The van der Waals surface area contributed by atoms with Gasteiger partial charge in [-0.25, -0.2) is 0 Å². The van der Waals surface area contributed by atoms with E-state index in [9.17, 15) is 4.79 Å². The molecule has 70 valence electrons. The average molecular weight is 172 g/mol. The quantitative estimate of drug-likeness (QED) is 0.627. The van der Waals surface area contributed by atoms with Gasteiger partial charge >= 0.3 is 0 Å². The van der Waals surface area contributed by atoms with Crippen LogP contribution in [-0.4, -0.2) is 43.3 Å². The van der Waals surface area contributed by atoms with Gasteiger partial charge in [-0.2, -0.15) is 0 Å². The Labute approximate surface area is 72.9 Å². The van der Waals surface area contributed by atoms with Gasteiger partial charge in [-0.1, -0.05) is 0 Å². The Bertz CT molecular complexity index is 180. The van der Waals surface area contributed by atoms with Gasteiger partial charge in [0.1, 0.15) is 0 Å². The Morgan fingerprint density at radius 2 is 2.33 bits per heavy atom. The number of amides is 1. The summed E-state index contributed by atoms with van der Waals surface area (Å²) in [5, 5.41) is 2.82. The van der Waals surface area contributed by atoms with Crippen LogP contribution < -0.4 is 5.32 Å².